The van der Waals surface area contributed by atoms with Crippen molar-refractivity contribution in [1.29, 1.82) is 0 Å². The van der Waals surface area contributed by atoms with Crippen LogP contribution in [0, 0.1) is 13.8 Å². The van der Waals surface area contributed by atoms with Crippen LogP contribution in [0.25, 0.3) is 0 Å². The van der Waals surface area contributed by atoms with Crippen LogP contribution in [-0.2, 0) is 6.54 Å². The predicted molar refractivity (Wildman–Crippen MR) is 77.2 cm³/mol. The van der Waals surface area contributed by atoms with Gasteiger partial charge in [0.05, 0.1) is 10.2 Å². The molecule has 2 aromatic rings. The second kappa shape index (κ2) is 6.01. The standard InChI is InChI=1S/C12H16BrN5O/c1-4-14-12-16-6-10(13)11(17-12)15-5-9-7(2)18-19-8(9)3/h6H,4-5H2,1-3H3,(H2,14,15,16,17). The Balaban J connectivity index is 2.12. The van der Waals surface area contributed by atoms with Crippen LogP contribution in [0.5, 0.6) is 0 Å². The summed E-state index contributed by atoms with van der Waals surface area (Å²) in [6.07, 6.45) is 1.72. The molecule has 0 saturated heterocycles. The minimum Gasteiger partial charge on any atom is -0.365 e. The first kappa shape index (κ1) is 13.8. The van der Waals surface area contributed by atoms with Crippen LogP contribution in [0.4, 0.5) is 11.8 Å². The molecule has 0 atom stereocenters. The molecule has 0 unspecified atom stereocenters. The molecule has 102 valence electrons. The van der Waals surface area contributed by atoms with Crippen LogP contribution >= 0.6 is 15.9 Å². The lowest BCUT2D eigenvalue weighted by molar-refractivity contribution is 0.392. The van der Waals surface area contributed by atoms with Gasteiger partial charge >= 0.3 is 0 Å². The van der Waals surface area contributed by atoms with Gasteiger partial charge in [0.15, 0.2) is 0 Å². The van der Waals surface area contributed by atoms with Crippen molar-refractivity contribution in [1.82, 2.24) is 15.1 Å². The van der Waals surface area contributed by atoms with Gasteiger partial charge < -0.3 is 15.2 Å². The van der Waals surface area contributed by atoms with E-state index in [9.17, 15) is 0 Å². The molecule has 2 N–H and O–H groups in total. The predicted octanol–water partition coefficient (Wildman–Crippen LogP) is 2.89. The van der Waals surface area contributed by atoms with E-state index in [-0.39, 0.29) is 0 Å². The second-order valence-electron chi connectivity index (χ2n) is 4.08. The average molecular weight is 326 g/mol. The van der Waals surface area contributed by atoms with Gasteiger partial charge in [-0.1, -0.05) is 5.16 Å². The molecular weight excluding hydrogens is 310 g/mol. The van der Waals surface area contributed by atoms with Gasteiger partial charge in [-0.2, -0.15) is 4.98 Å². The van der Waals surface area contributed by atoms with Gasteiger partial charge in [0.1, 0.15) is 11.6 Å². The lowest BCUT2D eigenvalue weighted by Crippen LogP contribution is -2.07. The highest BCUT2D eigenvalue weighted by Gasteiger charge is 2.10. The van der Waals surface area contributed by atoms with Gasteiger partial charge in [0.2, 0.25) is 5.95 Å². The normalized spacial score (nSPS) is 10.5. The Bertz CT molecular complexity index is 550. The first-order valence-corrected chi connectivity index (χ1v) is 6.83. The van der Waals surface area contributed by atoms with Gasteiger partial charge in [-0.25, -0.2) is 4.98 Å². The third-order valence-electron chi connectivity index (χ3n) is 2.69. The van der Waals surface area contributed by atoms with Crippen LogP contribution in [0.1, 0.15) is 23.9 Å². The van der Waals surface area contributed by atoms with Crippen molar-refractivity contribution in [2.75, 3.05) is 17.2 Å². The molecule has 0 aliphatic heterocycles. The number of rotatable bonds is 5. The minimum absolute atomic E-state index is 0.604. The van der Waals surface area contributed by atoms with Crippen molar-refractivity contribution in [3.8, 4) is 0 Å². The Labute approximate surface area is 120 Å². The number of hydrogen-bond acceptors (Lipinski definition) is 6. The second-order valence-corrected chi connectivity index (χ2v) is 4.93. The molecule has 6 nitrogen and oxygen atoms in total. The SMILES string of the molecule is CCNc1ncc(Br)c(NCc2c(C)noc2C)n1. The van der Waals surface area contributed by atoms with Crippen LogP contribution in [0.2, 0.25) is 0 Å². The third kappa shape index (κ3) is 3.23. The van der Waals surface area contributed by atoms with E-state index in [2.05, 4.69) is 41.7 Å². The molecule has 19 heavy (non-hydrogen) atoms. The Hall–Kier alpha value is -1.63. The van der Waals surface area contributed by atoms with Crippen LogP contribution in [-0.4, -0.2) is 21.7 Å². The lowest BCUT2D eigenvalue weighted by atomic mass is 10.2. The summed E-state index contributed by atoms with van der Waals surface area (Å²) in [5, 5.41) is 10.3. The van der Waals surface area contributed by atoms with Crippen molar-refractivity contribution in [3.63, 3.8) is 0 Å². The van der Waals surface area contributed by atoms with E-state index in [1.165, 1.54) is 0 Å². The molecule has 0 aliphatic rings. The highest BCUT2D eigenvalue weighted by atomic mass is 79.9. The highest BCUT2D eigenvalue weighted by Crippen LogP contribution is 2.22. The summed E-state index contributed by atoms with van der Waals surface area (Å²) in [5.74, 6) is 2.17. The van der Waals surface area contributed by atoms with Crippen LogP contribution < -0.4 is 10.6 Å². The molecular formula is C12H16BrN5O. The minimum atomic E-state index is 0.604. The Morgan fingerprint density at radius 3 is 2.74 bits per heavy atom. The number of aryl methyl sites for hydroxylation is 2. The van der Waals surface area contributed by atoms with Crippen LogP contribution in [0.3, 0.4) is 0 Å². The lowest BCUT2D eigenvalue weighted by Gasteiger charge is -2.09. The zero-order valence-electron chi connectivity index (χ0n) is 11.1. The van der Waals surface area contributed by atoms with Crippen molar-refractivity contribution in [2.45, 2.75) is 27.3 Å². The fourth-order valence-electron chi connectivity index (χ4n) is 1.66. The topological polar surface area (TPSA) is 75.9 Å². The van der Waals surface area contributed by atoms with E-state index in [1.807, 2.05) is 20.8 Å². The Morgan fingerprint density at radius 2 is 2.11 bits per heavy atom. The number of aromatic nitrogens is 3. The number of hydrogen-bond donors (Lipinski definition) is 2. The van der Waals surface area contributed by atoms with Gasteiger partial charge in [-0.05, 0) is 36.7 Å². The van der Waals surface area contributed by atoms with Crippen molar-refractivity contribution in [3.05, 3.63) is 27.7 Å². The fraction of sp³-hybridized carbons (Fsp3) is 0.417. The largest absolute Gasteiger partial charge is 0.365 e. The monoisotopic (exact) mass is 325 g/mol. The molecule has 0 amide bonds. The summed E-state index contributed by atoms with van der Waals surface area (Å²) in [7, 11) is 0. The van der Waals surface area contributed by atoms with E-state index in [0.717, 1.165) is 33.9 Å². The first-order chi connectivity index (χ1) is 9.11. The molecule has 2 rings (SSSR count). The van der Waals surface area contributed by atoms with E-state index in [4.69, 9.17) is 4.52 Å². The molecule has 0 aromatic carbocycles. The summed E-state index contributed by atoms with van der Waals surface area (Å²) in [6.45, 7) is 7.22. The number of nitrogens with one attached hydrogen (secondary N) is 2. The maximum atomic E-state index is 5.13. The van der Waals surface area contributed by atoms with E-state index in [1.54, 1.807) is 6.20 Å². The van der Waals surface area contributed by atoms with Gasteiger partial charge in [0, 0.05) is 24.8 Å². The molecule has 7 heteroatoms. The number of anilines is 2. The highest BCUT2D eigenvalue weighted by molar-refractivity contribution is 9.10. The number of nitrogens with zero attached hydrogens (tertiary/aromatic N) is 3. The van der Waals surface area contributed by atoms with Gasteiger partial charge in [-0.15, -0.1) is 0 Å². The molecule has 0 radical (unpaired) electrons. The maximum absolute atomic E-state index is 5.13. The molecule has 2 aromatic heterocycles. The van der Waals surface area contributed by atoms with Crippen LogP contribution in [0.15, 0.2) is 15.2 Å². The molecule has 0 aliphatic carbocycles. The van der Waals surface area contributed by atoms with Gasteiger partial charge in [0.25, 0.3) is 0 Å². The van der Waals surface area contributed by atoms with E-state index in [0.29, 0.717) is 12.5 Å². The molecule has 0 fully saturated rings. The van der Waals surface area contributed by atoms with Crippen molar-refractivity contribution in [2.24, 2.45) is 0 Å². The van der Waals surface area contributed by atoms with Gasteiger partial charge in [-0.3, -0.25) is 0 Å². The Kier molecular flexibility index (Phi) is 4.36. The van der Waals surface area contributed by atoms with E-state index >= 15 is 0 Å². The first-order valence-electron chi connectivity index (χ1n) is 6.03. The Morgan fingerprint density at radius 1 is 1.32 bits per heavy atom. The molecule has 0 spiro atoms. The third-order valence-corrected chi connectivity index (χ3v) is 3.27. The van der Waals surface area contributed by atoms with Crippen molar-refractivity contribution >= 4 is 27.7 Å². The smallest absolute Gasteiger partial charge is 0.224 e. The summed E-state index contributed by atoms with van der Waals surface area (Å²) < 4.78 is 5.95. The molecule has 0 bridgehead atoms. The van der Waals surface area contributed by atoms with Crippen molar-refractivity contribution < 1.29 is 4.52 Å². The van der Waals surface area contributed by atoms with E-state index < -0.39 is 0 Å². The summed E-state index contributed by atoms with van der Waals surface area (Å²) in [5.41, 5.74) is 1.94. The molecule has 2 heterocycles. The zero-order valence-corrected chi connectivity index (χ0v) is 12.7. The maximum Gasteiger partial charge on any atom is 0.224 e. The summed E-state index contributed by atoms with van der Waals surface area (Å²) in [6, 6.07) is 0. The molecule has 0 saturated carbocycles. The fourth-order valence-corrected chi connectivity index (χ4v) is 1.99. The zero-order chi connectivity index (χ0) is 13.8. The summed E-state index contributed by atoms with van der Waals surface area (Å²) >= 11 is 3.43. The quantitative estimate of drug-likeness (QED) is 0.880. The average Bonchev–Trinajstić information content (AvgIpc) is 2.70. The summed E-state index contributed by atoms with van der Waals surface area (Å²) in [4.78, 5) is 8.56. The number of halogens is 1.